The number of aromatic amines is 1. The first-order valence-electron chi connectivity index (χ1n) is 7.90. The standard InChI is InChI=1S/C17H24N4O/c1-14-2-4-15(5-3-14)16(21-8-10-22-11-9-21)12-18-13-17-19-6-7-20-17/h2-7,16,18H,8-13H2,1H3,(H,19,20). The number of imidazole rings is 1. The lowest BCUT2D eigenvalue weighted by Crippen LogP contribution is -2.42. The number of ether oxygens (including phenoxy) is 1. The second-order valence-electron chi connectivity index (χ2n) is 5.74. The van der Waals surface area contributed by atoms with Crippen LogP contribution in [0.15, 0.2) is 36.7 Å². The minimum Gasteiger partial charge on any atom is -0.379 e. The van der Waals surface area contributed by atoms with Gasteiger partial charge in [0.05, 0.1) is 19.8 Å². The molecule has 1 aromatic heterocycles. The summed E-state index contributed by atoms with van der Waals surface area (Å²) in [5.74, 6) is 0.977. The zero-order valence-electron chi connectivity index (χ0n) is 13.1. The van der Waals surface area contributed by atoms with Crippen molar-refractivity contribution in [3.8, 4) is 0 Å². The molecule has 1 aliphatic heterocycles. The smallest absolute Gasteiger partial charge is 0.120 e. The van der Waals surface area contributed by atoms with Crippen LogP contribution in [-0.2, 0) is 11.3 Å². The Morgan fingerprint density at radius 3 is 2.73 bits per heavy atom. The fraction of sp³-hybridized carbons (Fsp3) is 0.471. The van der Waals surface area contributed by atoms with Gasteiger partial charge in [0.2, 0.25) is 0 Å². The van der Waals surface area contributed by atoms with E-state index in [1.165, 1.54) is 11.1 Å². The third-order valence-electron chi connectivity index (χ3n) is 4.13. The first-order chi connectivity index (χ1) is 10.8. The Hall–Kier alpha value is -1.69. The van der Waals surface area contributed by atoms with Crippen LogP contribution in [0.3, 0.4) is 0 Å². The summed E-state index contributed by atoms with van der Waals surface area (Å²) >= 11 is 0. The van der Waals surface area contributed by atoms with Crippen molar-refractivity contribution in [2.75, 3.05) is 32.8 Å². The van der Waals surface area contributed by atoms with Gasteiger partial charge >= 0.3 is 0 Å². The van der Waals surface area contributed by atoms with Crippen LogP contribution < -0.4 is 5.32 Å². The summed E-state index contributed by atoms with van der Waals surface area (Å²) in [5, 5.41) is 3.52. The first kappa shape index (κ1) is 15.2. The maximum absolute atomic E-state index is 5.49. The molecule has 0 bridgehead atoms. The van der Waals surface area contributed by atoms with Crippen LogP contribution in [0.1, 0.15) is 23.0 Å². The van der Waals surface area contributed by atoms with Crippen molar-refractivity contribution in [2.24, 2.45) is 0 Å². The molecule has 0 saturated carbocycles. The van der Waals surface area contributed by atoms with Crippen LogP contribution in [0.4, 0.5) is 0 Å². The van der Waals surface area contributed by atoms with E-state index >= 15 is 0 Å². The monoisotopic (exact) mass is 300 g/mol. The highest BCUT2D eigenvalue weighted by molar-refractivity contribution is 5.24. The van der Waals surface area contributed by atoms with Crippen molar-refractivity contribution in [2.45, 2.75) is 19.5 Å². The minimum atomic E-state index is 0.375. The number of aromatic nitrogens is 2. The molecule has 1 aromatic carbocycles. The lowest BCUT2D eigenvalue weighted by atomic mass is 10.0. The maximum atomic E-state index is 5.49. The van der Waals surface area contributed by atoms with E-state index in [1.807, 2.05) is 6.20 Å². The third kappa shape index (κ3) is 3.94. The molecule has 1 unspecified atom stereocenters. The quantitative estimate of drug-likeness (QED) is 0.855. The Balaban J connectivity index is 1.66. The van der Waals surface area contributed by atoms with Gasteiger partial charge in [0.1, 0.15) is 5.82 Å². The zero-order chi connectivity index (χ0) is 15.2. The average Bonchev–Trinajstić information content (AvgIpc) is 3.07. The van der Waals surface area contributed by atoms with Gasteiger partial charge in [-0.3, -0.25) is 4.90 Å². The highest BCUT2D eigenvalue weighted by atomic mass is 16.5. The second kappa shape index (κ2) is 7.54. The summed E-state index contributed by atoms with van der Waals surface area (Å²) in [6, 6.07) is 9.23. The SMILES string of the molecule is Cc1ccc(C(CNCc2ncc[nH]2)N2CCOCC2)cc1. The zero-order valence-corrected chi connectivity index (χ0v) is 13.1. The molecule has 2 heterocycles. The van der Waals surface area contributed by atoms with Crippen LogP contribution in [0, 0.1) is 6.92 Å². The fourth-order valence-corrected chi connectivity index (χ4v) is 2.86. The van der Waals surface area contributed by atoms with E-state index in [4.69, 9.17) is 4.74 Å². The first-order valence-corrected chi connectivity index (χ1v) is 7.90. The number of hydrogen-bond donors (Lipinski definition) is 2. The highest BCUT2D eigenvalue weighted by Crippen LogP contribution is 2.21. The normalized spacial score (nSPS) is 17.5. The van der Waals surface area contributed by atoms with Gasteiger partial charge in [-0.2, -0.15) is 0 Å². The van der Waals surface area contributed by atoms with Gasteiger partial charge in [-0.25, -0.2) is 4.98 Å². The molecule has 5 heteroatoms. The Kier molecular flexibility index (Phi) is 5.21. The van der Waals surface area contributed by atoms with Crippen molar-refractivity contribution < 1.29 is 4.74 Å². The molecule has 3 rings (SSSR count). The van der Waals surface area contributed by atoms with E-state index in [1.54, 1.807) is 6.20 Å². The molecule has 1 aliphatic rings. The Labute approximate surface area is 131 Å². The Morgan fingerprint density at radius 1 is 1.27 bits per heavy atom. The molecule has 22 heavy (non-hydrogen) atoms. The second-order valence-corrected chi connectivity index (χ2v) is 5.74. The van der Waals surface area contributed by atoms with Gasteiger partial charge in [0.25, 0.3) is 0 Å². The molecule has 1 fully saturated rings. The summed E-state index contributed by atoms with van der Waals surface area (Å²) in [5.41, 5.74) is 2.66. The molecule has 0 aliphatic carbocycles. The largest absolute Gasteiger partial charge is 0.379 e. The average molecular weight is 300 g/mol. The minimum absolute atomic E-state index is 0.375. The number of morpholine rings is 1. The number of aryl methyl sites for hydroxylation is 1. The molecule has 118 valence electrons. The van der Waals surface area contributed by atoms with Crippen LogP contribution in [0.2, 0.25) is 0 Å². The lowest BCUT2D eigenvalue weighted by molar-refractivity contribution is 0.0160. The predicted octanol–water partition coefficient (Wildman–Crippen LogP) is 1.88. The van der Waals surface area contributed by atoms with Crippen LogP contribution in [0.5, 0.6) is 0 Å². The Bertz CT molecular complexity index is 547. The van der Waals surface area contributed by atoms with Crippen molar-refractivity contribution >= 4 is 0 Å². The van der Waals surface area contributed by atoms with Crippen molar-refractivity contribution in [1.29, 1.82) is 0 Å². The number of nitrogens with zero attached hydrogens (tertiary/aromatic N) is 2. The third-order valence-corrected chi connectivity index (χ3v) is 4.13. The van der Waals surface area contributed by atoms with Gasteiger partial charge < -0.3 is 15.0 Å². The van der Waals surface area contributed by atoms with E-state index in [0.29, 0.717) is 6.04 Å². The highest BCUT2D eigenvalue weighted by Gasteiger charge is 2.22. The number of rotatable bonds is 6. The predicted molar refractivity (Wildman–Crippen MR) is 86.6 cm³/mol. The molecule has 5 nitrogen and oxygen atoms in total. The number of nitrogens with one attached hydrogen (secondary N) is 2. The van der Waals surface area contributed by atoms with Gasteiger partial charge in [-0.1, -0.05) is 29.8 Å². The van der Waals surface area contributed by atoms with Crippen LogP contribution in [-0.4, -0.2) is 47.7 Å². The molecule has 0 amide bonds. The van der Waals surface area contributed by atoms with Crippen LogP contribution >= 0.6 is 0 Å². The van der Waals surface area contributed by atoms with E-state index < -0.39 is 0 Å². The Morgan fingerprint density at radius 2 is 2.05 bits per heavy atom. The van der Waals surface area contributed by atoms with E-state index in [0.717, 1.165) is 45.2 Å². The van der Waals surface area contributed by atoms with E-state index in [2.05, 4.69) is 51.4 Å². The summed E-state index contributed by atoms with van der Waals surface area (Å²) in [6.07, 6.45) is 3.65. The molecule has 2 N–H and O–H groups in total. The molecule has 0 radical (unpaired) electrons. The topological polar surface area (TPSA) is 53.2 Å². The van der Waals surface area contributed by atoms with Crippen molar-refractivity contribution in [3.05, 3.63) is 53.6 Å². The van der Waals surface area contributed by atoms with Gasteiger partial charge in [0, 0.05) is 38.1 Å². The maximum Gasteiger partial charge on any atom is 0.120 e. The number of hydrogen-bond acceptors (Lipinski definition) is 4. The van der Waals surface area contributed by atoms with E-state index in [9.17, 15) is 0 Å². The molecule has 0 spiro atoms. The summed E-state index contributed by atoms with van der Waals surface area (Å²) in [4.78, 5) is 9.89. The van der Waals surface area contributed by atoms with Gasteiger partial charge in [0.15, 0.2) is 0 Å². The number of H-pyrrole nitrogens is 1. The summed E-state index contributed by atoms with van der Waals surface area (Å²) in [7, 11) is 0. The summed E-state index contributed by atoms with van der Waals surface area (Å²) in [6.45, 7) is 7.41. The molecular formula is C17H24N4O. The lowest BCUT2D eigenvalue weighted by Gasteiger charge is -2.35. The molecule has 1 atom stereocenters. The summed E-state index contributed by atoms with van der Waals surface area (Å²) < 4.78 is 5.49. The molecular weight excluding hydrogens is 276 g/mol. The molecule has 1 saturated heterocycles. The van der Waals surface area contributed by atoms with Crippen molar-refractivity contribution in [1.82, 2.24) is 20.2 Å². The van der Waals surface area contributed by atoms with Gasteiger partial charge in [-0.05, 0) is 12.5 Å². The van der Waals surface area contributed by atoms with Gasteiger partial charge in [-0.15, -0.1) is 0 Å². The number of benzene rings is 1. The molecule has 2 aromatic rings. The fourth-order valence-electron chi connectivity index (χ4n) is 2.86. The van der Waals surface area contributed by atoms with E-state index in [-0.39, 0.29) is 0 Å². The van der Waals surface area contributed by atoms with Crippen molar-refractivity contribution in [3.63, 3.8) is 0 Å². The van der Waals surface area contributed by atoms with Crippen LogP contribution in [0.25, 0.3) is 0 Å².